The highest BCUT2D eigenvalue weighted by Crippen LogP contribution is 2.41. The number of hydrogen-bond acceptors (Lipinski definition) is 0. The Morgan fingerprint density at radius 2 is 0.886 bits per heavy atom. The van der Waals surface area contributed by atoms with E-state index in [2.05, 4.69) is 126 Å². The van der Waals surface area contributed by atoms with Crippen LogP contribution < -0.4 is 0 Å². The van der Waals surface area contributed by atoms with Crippen molar-refractivity contribution in [2.24, 2.45) is 0 Å². The molecule has 0 saturated heterocycles. The molecule has 35 heavy (non-hydrogen) atoms. The predicted octanol–water partition coefficient (Wildman–Crippen LogP) is 9.97. The molecule has 4 aromatic carbocycles. The molecule has 0 amide bonds. The predicted molar refractivity (Wildman–Crippen MR) is 152 cm³/mol. The van der Waals surface area contributed by atoms with Crippen molar-refractivity contribution in [3.63, 3.8) is 0 Å². The van der Waals surface area contributed by atoms with Gasteiger partial charge in [0.05, 0.1) is 0 Å². The van der Waals surface area contributed by atoms with E-state index in [-0.39, 0.29) is 10.8 Å². The molecule has 0 saturated carbocycles. The van der Waals surface area contributed by atoms with Crippen molar-refractivity contribution in [3.8, 4) is 33.4 Å². The fraction of sp³-hybridized carbons (Fsp3) is 0.314. The highest BCUT2D eigenvalue weighted by atomic mass is 14.3. The van der Waals surface area contributed by atoms with Gasteiger partial charge in [-0.15, -0.1) is 0 Å². The van der Waals surface area contributed by atoms with Crippen LogP contribution in [0, 0.1) is 0 Å². The molecule has 0 fully saturated rings. The first kappa shape index (κ1) is 23.6. The van der Waals surface area contributed by atoms with Crippen LogP contribution in [-0.2, 0) is 17.3 Å². The molecule has 0 nitrogen and oxygen atoms in total. The van der Waals surface area contributed by atoms with Crippen molar-refractivity contribution < 1.29 is 0 Å². The summed E-state index contributed by atoms with van der Waals surface area (Å²) >= 11 is 0. The van der Waals surface area contributed by atoms with Crippen LogP contribution in [0.2, 0.25) is 0 Å². The molecule has 0 radical (unpaired) electrons. The van der Waals surface area contributed by atoms with Gasteiger partial charge in [-0.25, -0.2) is 0 Å². The summed E-state index contributed by atoms with van der Waals surface area (Å²) in [7, 11) is 0. The van der Waals surface area contributed by atoms with Gasteiger partial charge in [-0.2, -0.15) is 0 Å². The van der Waals surface area contributed by atoms with Gasteiger partial charge >= 0.3 is 0 Å². The first-order valence-electron chi connectivity index (χ1n) is 13.2. The molecule has 4 aromatic rings. The molecule has 0 heteroatoms. The molecular formula is C35H38. The zero-order valence-corrected chi connectivity index (χ0v) is 22.2. The van der Waals surface area contributed by atoms with E-state index < -0.39 is 0 Å². The van der Waals surface area contributed by atoms with Gasteiger partial charge in [0.1, 0.15) is 0 Å². The third-order valence-electron chi connectivity index (χ3n) is 8.65. The molecular weight excluding hydrogens is 420 g/mol. The molecule has 1 aliphatic carbocycles. The van der Waals surface area contributed by atoms with Gasteiger partial charge in [0.15, 0.2) is 0 Å². The highest BCUT2D eigenvalue weighted by Gasteiger charge is 2.24. The number of hydrogen-bond donors (Lipinski definition) is 0. The smallest absolute Gasteiger partial charge is 0.00131 e. The second-order valence-electron chi connectivity index (χ2n) is 11.6. The van der Waals surface area contributed by atoms with Crippen molar-refractivity contribution in [1.82, 2.24) is 0 Å². The average molecular weight is 459 g/mol. The van der Waals surface area contributed by atoms with Crippen molar-refractivity contribution >= 4 is 0 Å². The number of benzene rings is 4. The summed E-state index contributed by atoms with van der Waals surface area (Å²) in [5.74, 6) is 0. The maximum absolute atomic E-state index is 2.44. The van der Waals surface area contributed by atoms with E-state index in [1.807, 2.05) is 0 Å². The van der Waals surface area contributed by atoms with Gasteiger partial charge in [-0.3, -0.25) is 0 Å². The zero-order valence-electron chi connectivity index (χ0n) is 22.2. The van der Waals surface area contributed by atoms with Crippen LogP contribution in [0.5, 0.6) is 0 Å². The third-order valence-corrected chi connectivity index (χ3v) is 8.65. The monoisotopic (exact) mass is 458 g/mol. The van der Waals surface area contributed by atoms with Crippen molar-refractivity contribution in [1.29, 1.82) is 0 Å². The van der Waals surface area contributed by atoms with E-state index in [1.165, 1.54) is 55.6 Å². The van der Waals surface area contributed by atoms with Gasteiger partial charge in [0.2, 0.25) is 0 Å². The lowest BCUT2D eigenvalue weighted by Crippen LogP contribution is -2.15. The van der Waals surface area contributed by atoms with Crippen molar-refractivity contribution in [3.05, 3.63) is 107 Å². The summed E-state index contributed by atoms with van der Waals surface area (Å²) in [5.41, 5.74) is 14.2. The topological polar surface area (TPSA) is 0 Å². The lowest BCUT2D eigenvalue weighted by Gasteiger charge is -2.24. The Kier molecular flexibility index (Phi) is 5.96. The fourth-order valence-corrected chi connectivity index (χ4v) is 5.19. The van der Waals surface area contributed by atoms with E-state index in [0.29, 0.717) is 0 Å². The Morgan fingerprint density at radius 3 is 1.46 bits per heavy atom. The normalized spacial score (nSPS) is 13.0. The quantitative estimate of drug-likeness (QED) is 0.237. The summed E-state index contributed by atoms with van der Waals surface area (Å²) < 4.78 is 0. The molecule has 0 N–H and O–H groups in total. The molecule has 1 aliphatic rings. The second kappa shape index (κ2) is 8.83. The van der Waals surface area contributed by atoms with Gasteiger partial charge in [-0.1, -0.05) is 126 Å². The summed E-state index contributed by atoms with van der Waals surface area (Å²) in [5, 5.41) is 0. The number of rotatable bonds is 6. The van der Waals surface area contributed by atoms with Crippen LogP contribution in [0.25, 0.3) is 33.4 Å². The van der Waals surface area contributed by atoms with E-state index in [9.17, 15) is 0 Å². The van der Waals surface area contributed by atoms with Crippen LogP contribution in [0.15, 0.2) is 84.9 Å². The van der Waals surface area contributed by atoms with Gasteiger partial charge in [-0.05, 0) is 85.7 Å². The largest absolute Gasteiger partial charge is 0.0646 e. The van der Waals surface area contributed by atoms with Gasteiger partial charge in [0, 0.05) is 0 Å². The Hall–Kier alpha value is -3.12. The van der Waals surface area contributed by atoms with E-state index in [4.69, 9.17) is 0 Å². The third kappa shape index (κ3) is 4.36. The maximum atomic E-state index is 2.44. The second-order valence-corrected chi connectivity index (χ2v) is 11.6. The molecule has 178 valence electrons. The minimum absolute atomic E-state index is 0.225. The first-order valence-corrected chi connectivity index (χ1v) is 13.2. The average Bonchev–Trinajstić information content (AvgIpc) is 3.26. The van der Waals surface area contributed by atoms with Crippen LogP contribution in [0.4, 0.5) is 0 Å². The van der Waals surface area contributed by atoms with Gasteiger partial charge in [0.25, 0.3) is 0 Å². The molecule has 0 spiro atoms. The van der Waals surface area contributed by atoms with Crippen LogP contribution in [0.3, 0.4) is 0 Å². The van der Waals surface area contributed by atoms with Gasteiger partial charge < -0.3 is 0 Å². The summed E-state index contributed by atoms with van der Waals surface area (Å²) in [6.07, 6.45) is 3.33. The Morgan fingerprint density at radius 1 is 0.486 bits per heavy atom. The van der Waals surface area contributed by atoms with Crippen LogP contribution in [-0.4, -0.2) is 0 Å². The lowest BCUT2D eigenvalue weighted by atomic mass is 9.81. The van der Waals surface area contributed by atoms with Crippen molar-refractivity contribution in [2.75, 3.05) is 0 Å². The minimum Gasteiger partial charge on any atom is -0.0646 e. The molecule has 0 heterocycles. The van der Waals surface area contributed by atoms with E-state index in [1.54, 1.807) is 0 Å². The van der Waals surface area contributed by atoms with Crippen molar-refractivity contribution in [2.45, 2.75) is 71.6 Å². The van der Waals surface area contributed by atoms with Crippen LogP contribution in [0.1, 0.15) is 76.6 Å². The molecule has 0 atom stereocenters. The minimum atomic E-state index is 0.225. The summed E-state index contributed by atoms with van der Waals surface area (Å²) in [4.78, 5) is 0. The SMILES string of the molecule is CCC(C)(C)c1ccc(-c2ccc(-c3ccc4c(c3)Cc3cc(C(C)(C)CC)ccc3-4)cc2)cc1. The zero-order chi connectivity index (χ0) is 24.8. The maximum Gasteiger partial charge on any atom is -0.00131 e. The standard InChI is InChI=1S/C35H38/c1-7-34(3,4)30-16-13-25(14-17-30)24-9-11-26(12-10-24)27-15-19-32-28(21-27)22-29-23-31(18-20-33(29)32)35(5,6)8-2/h9-21,23H,7-8,22H2,1-6H3. The highest BCUT2D eigenvalue weighted by molar-refractivity contribution is 5.81. The summed E-state index contributed by atoms with van der Waals surface area (Å²) in [6.45, 7) is 13.9. The molecule has 5 rings (SSSR count). The van der Waals surface area contributed by atoms with E-state index >= 15 is 0 Å². The molecule has 0 unspecified atom stereocenters. The number of fused-ring (bicyclic) bond motifs is 3. The first-order chi connectivity index (χ1) is 16.7. The fourth-order valence-electron chi connectivity index (χ4n) is 5.19. The lowest BCUT2D eigenvalue weighted by molar-refractivity contribution is 0.506. The summed E-state index contributed by atoms with van der Waals surface area (Å²) in [6, 6.07) is 32.3. The molecule has 0 bridgehead atoms. The van der Waals surface area contributed by atoms with E-state index in [0.717, 1.165) is 19.3 Å². The Labute approximate surface area is 212 Å². The molecule has 0 aliphatic heterocycles. The Bertz CT molecular complexity index is 1350. The van der Waals surface area contributed by atoms with Crippen LogP contribution >= 0.6 is 0 Å². The Balaban J connectivity index is 1.38. The molecule has 0 aromatic heterocycles.